The Morgan fingerprint density at radius 3 is 2.79 bits per heavy atom. The van der Waals surface area contributed by atoms with Gasteiger partial charge in [-0.2, -0.15) is 0 Å². The molecule has 9 nitrogen and oxygen atoms in total. The summed E-state index contributed by atoms with van der Waals surface area (Å²) in [4.78, 5) is 20.6. The van der Waals surface area contributed by atoms with Crippen molar-refractivity contribution in [3.05, 3.63) is 58.9 Å². The highest BCUT2D eigenvalue weighted by molar-refractivity contribution is 5.92. The lowest BCUT2D eigenvalue weighted by atomic mass is 10.1. The molecule has 3 aromatic rings. The lowest BCUT2D eigenvalue weighted by molar-refractivity contribution is 0.252. The van der Waals surface area contributed by atoms with Crippen molar-refractivity contribution in [2.75, 3.05) is 17.2 Å². The van der Waals surface area contributed by atoms with Gasteiger partial charge in [0.05, 0.1) is 17.6 Å². The van der Waals surface area contributed by atoms with E-state index in [9.17, 15) is 4.79 Å². The van der Waals surface area contributed by atoms with Crippen molar-refractivity contribution in [1.82, 2.24) is 20.4 Å². The lowest BCUT2D eigenvalue weighted by Gasteiger charge is -2.12. The third kappa shape index (κ3) is 5.16. The molecule has 3 heterocycles. The number of amides is 2. The topological polar surface area (TPSA) is 129 Å². The Bertz CT molecular complexity index is 1020. The molecule has 0 saturated heterocycles. The fourth-order valence-corrected chi connectivity index (χ4v) is 2.86. The monoisotopic (exact) mass is 397 g/mol. The Morgan fingerprint density at radius 2 is 2.10 bits per heavy atom. The Hall–Kier alpha value is -3.75. The maximum Gasteiger partial charge on any atom is 0.320 e. The van der Waals surface area contributed by atoms with Crippen molar-refractivity contribution >= 4 is 29.4 Å². The van der Waals surface area contributed by atoms with Gasteiger partial charge in [0, 0.05) is 44.3 Å². The highest BCUT2D eigenvalue weighted by Gasteiger charge is 2.10. The first kappa shape index (κ1) is 20.0. The third-order valence-corrected chi connectivity index (χ3v) is 4.35. The van der Waals surface area contributed by atoms with Gasteiger partial charge in [-0.3, -0.25) is 10.3 Å². The van der Waals surface area contributed by atoms with E-state index in [1.54, 1.807) is 18.5 Å². The number of carbonyl (C=O) groups is 1. The van der Waals surface area contributed by atoms with E-state index in [-0.39, 0.29) is 8.88 Å². The van der Waals surface area contributed by atoms with Gasteiger partial charge in [-0.25, -0.2) is 9.78 Å². The van der Waals surface area contributed by atoms with Crippen molar-refractivity contribution in [1.29, 1.82) is 5.41 Å². The van der Waals surface area contributed by atoms with Gasteiger partial charge >= 0.3 is 6.03 Å². The Morgan fingerprint density at radius 1 is 1.28 bits per heavy atom. The van der Waals surface area contributed by atoms with Gasteiger partial charge in [-0.15, -0.1) is 0 Å². The van der Waals surface area contributed by atoms with Crippen LogP contribution in [0.3, 0.4) is 0 Å². The van der Waals surface area contributed by atoms with E-state index in [1.165, 1.54) is 6.21 Å². The molecule has 0 radical (unpaired) electrons. The molecule has 0 spiro atoms. The van der Waals surface area contributed by atoms with Crippen LogP contribution in [0.1, 0.15) is 31.1 Å². The second-order valence-electron chi connectivity index (χ2n) is 6.55. The van der Waals surface area contributed by atoms with Crippen LogP contribution in [0.5, 0.6) is 0 Å². The predicted molar refractivity (Wildman–Crippen MR) is 115 cm³/mol. The molecule has 0 aliphatic rings. The first-order valence-corrected chi connectivity index (χ1v) is 9.13. The molecule has 0 aliphatic carbocycles. The zero-order valence-electron chi connectivity index (χ0n) is 16.5. The Kier molecular flexibility index (Phi) is 6.18. The maximum atomic E-state index is 12.1. The third-order valence-electron chi connectivity index (χ3n) is 4.35. The molecule has 0 aromatic carbocycles. The number of aromatic nitrogens is 3. The summed E-state index contributed by atoms with van der Waals surface area (Å²) in [6.07, 6.45) is 5.12. The van der Waals surface area contributed by atoms with Gasteiger partial charge in [-0.05, 0) is 45.4 Å². The van der Waals surface area contributed by atoms with Crippen LogP contribution in [-0.4, -0.2) is 33.9 Å². The van der Waals surface area contributed by atoms with Crippen molar-refractivity contribution in [3.8, 4) is 0 Å². The summed E-state index contributed by atoms with van der Waals surface area (Å²) in [5.74, 6) is 1.12. The second kappa shape index (κ2) is 8.96. The van der Waals surface area contributed by atoms with Crippen molar-refractivity contribution in [2.24, 2.45) is 0 Å². The number of rotatable bonds is 7. The molecule has 3 rings (SSSR count). The number of carbonyl (C=O) groups excluding carboxylic acids is 1. The van der Waals surface area contributed by atoms with Crippen LogP contribution in [0.2, 0.25) is 0 Å². The minimum atomic E-state index is -0.370. The van der Waals surface area contributed by atoms with Crippen molar-refractivity contribution in [3.63, 3.8) is 0 Å². The van der Waals surface area contributed by atoms with Gasteiger partial charge in [-0.1, -0.05) is 5.16 Å². The number of aryl methyl sites for hydroxylation is 3. The number of urea groups is 1. The number of nitrogens with one attached hydrogen (secondary N) is 4. The molecule has 0 unspecified atom stereocenters. The summed E-state index contributed by atoms with van der Waals surface area (Å²) in [6, 6.07) is 4.99. The molecule has 0 fully saturated rings. The van der Waals surface area contributed by atoms with Gasteiger partial charge in [0.2, 0.25) is 0 Å². The van der Waals surface area contributed by atoms with Gasteiger partial charge in [0.25, 0.3) is 0 Å². The molecule has 0 atom stereocenters. The summed E-state index contributed by atoms with van der Waals surface area (Å²) in [7, 11) is 0. The Labute approximate surface area is 171 Å². The standard InChI is InChI=1S/C20H23N7O2.2H2/c1-12-8-16(4-6-22-12)25-18-11-24-19(9-15(18)10-21)26-20(28)23-7-5-17-13(2)27-29-14(17)3;;/h4,6,8-11,21H,5,7H2,1-3H3,(H,22,25)(H2,23,24,26,28);2*1H. The van der Waals surface area contributed by atoms with E-state index < -0.39 is 0 Å². The molecule has 0 bridgehead atoms. The van der Waals surface area contributed by atoms with E-state index in [2.05, 4.69) is 31.1 Å². The van der Waals surface area contributed by atoms with Crippen molar-refractivity contribution in [2.45, 2.75) is 27.2 Å². The molecule has 4 N–H and O–H groups in total. The SMILES string of the molecule is Cc1cc(Nc2cnc(NC(=O)NCCc3c(C)noc3C)cc2C=N)ccn1.[HH].[HH]. The molecular formula is C20H27N7O2. The summed E-state index contributed by atoms with van der Waals surface area (Å²) < 4.78 is 5.12. The minimum absolute atomic E-state index is 0. The molecule has 29 heavy (non-hydrogen) atoms. The highest BCUT2D eigenvalue weighted by Crippen LogP contribution is 2.21. The fraction of sp³-hybridized carbons (Fsp3) is 0.250. The predicted octanol–water partition coefficient (Wildman–Crippen LogP) is 3.99. The zero-order chi connectivity index (χ0) is 20.8. The van der Waals surface area contributed by atoms with E-state index in [4.69, 9.17) is 9.93 Å². The number of hydrogen-bond donors (Lipinski definition) is 4. The van der Waals surface area contributed by atoms with E-state index in [0.717, 1.165) is 28.4 Å². The molecule has 3 aromatic heterocycles. The molecule has 2 amide bonds. The fourth-order valence-electron chi connectivity index (χ4n) is 2.86. The van der Waals surface area contributed by atoms with Crippen LogP contribution in [0, 0.1) is 26.2 Å². The molecule has 0 saturated carbocycles. The average molecular weight is 397 g/mol. The summed E-state index contributed by atoms with van der Waals surface area (Å²) in [5, 5.41) is 20.2. The number of anilines is 3. The summed E-state index contributed by atoms with van der Waals surface area (Å²) >= 11 is 0. The van der Waals surface area contributed by atoms with E-state index in [1.807, 2.05) is 32.9 Å². The Balaban J connectivity index is 0.00000240. The zero-order valence-corrected chi connectivity index (χ0v) is 16.5. The largest absolute Gasteiger partial charge is 0.361 e. The maximum absolute atomic E-state index is 12.1. The minimum Gasteiger partial charge on any atom is -0.361 e. The molecule has 154 valence electrons. The van der Waals surface area contributed by atoms with Gasteiger partial charge < -0.3 is 20.6 Å². The molecular weight excluding hydrogens is 370 g/mol. The van der Waals surface area contributed by atoms with Crippen LogP contribution in [0.15, 0.2) is 35.1 Å². The normalized spacial score (nSPS) is 10.4. The number of nitrogens with zero attached hydrogens (tertiary/aromatic N) is 3. The number of pyridine rings is 2. The smallest absolute Gasteiger partial charge is 0.320 e. The number of hydrogen-bond acceptors (Lipinski definition) is 7. The second-order valence-corrected chi connectivity index (χ2v) is 6.55. The van der Waals surface area contributed by atoms with Crippen LogP contribution in [-0.2, 0) is 6.42 Å². The van der Waals surface area contributed by atoms with E-state index in [0.29, 0.717) is 30.0 Å². The highest BCUT2D eigenvalue weighted by atomic mass is 16.5. The summed E-state index contributed by atoms with van der Waals surface area (Å²) in [6.45, 7) is 6.06. The van der Waals surface area contributed by atoms with Crippen molar-refractivity contribution < 1.29 is 12.2 Å². The van der Waals surface area contributed by atoms with Crippen LogP contribution in [0.4, 0.5) is 22.0 Å². The van der Waals surface area contributed by atoms with E-state index >= 15 is 0 Å². The van der Waals surface area contributed by atoms with Gasteiger partial charge in [0.15, 0.2) is 0 Å². The van der Waals surface area contributed by atoms with Crippen LogP contribution < -0.4 is 16.0 Å². The molecule has 0 aliphatic heterocycles. The summed E-state index contributed by atoms with van der Waals surface area (Å²) in [5.41, 5.74) is 4.81. The van der Waals surface area contributed by atoms with Crippen LogP contribution in [0.25, 0.3) is 0 Å². The molecule has 9 heteroatoms. The average Bonchev–Trinajstić information content (AvgIpc) is 3.01. The first-order valence-electron chi connectivity index (χ1n) is 9.13. The quantitative estimate of drug-likeness (QED) is 0.446. The first-order chi connectivity index (χ1) is 14.0. The van der Waals surface area contributed by atoms with Crippen LogP contribution >= 0.6 is 0 Å². The van der Waals surface area contributed by atoms with Gasteiger partial charge in [0.1, 0.15) is 11.6 Å². The lowest BCUT2D eigenvalue weighted by Crippen LogP contribution is -2.31.